The second-order valence-corrected chi connectivity index (χ2v) is 33.5. The van der Waals surface area contributed by atoms with Crippen LogP contribution in [0.1, 0.15) is 70.8 Å². The van der Waals surface area contributed by atoms with Crippen LogP contribution in [0.4, 0.5) is 28.4 Å². The predicted octanol–water partition coefficient (Wildman–Crippen LogP) is 13.9. The molecule has 20 aromatic rings. The molecule has 0 atom stereocenters. The second kappa shape index (κ2) is 47.7. The van der Waals surface area contributed by atoms with Gasteiger partial charge in [0, 0.05) is 170 Å². The number of nitrogens with zero attached hydrogens (tertiary/aromatic N) is 25. The molecule has 0 saturated heterocycles. The van der Waals surface area contributed by atoms with Gasteiger partial charge in [0.25, 0.3) is 36.0 Å². The van der Waals surface area contributed by atoms with Crippen molar-refractivity contribution in [2.75, 3.05) is 67.2 Å². The van der Waals surface area contributed by atoms with Gasteiger partial charge >= 0.3 is 0 Å². The third kappa shape index (κ3) is 25.3. The van der Waals surface area contributed by atoms with E-state index in [-0.39, 0.29) is 36.0 Å². The van der Waals surface area contributed by atoms with Gasteiger partial charge in [0.15, 0.2) is 0 Å². The number of anilines is 5. The topological polar surface area (TPSA) is 572 Å². The standard InChI is InChI=1S/2C19H19N7O2S.C18H17N7O2S.C17H15N7OS.C16H13N7OS.CH2O2/c1-12-13(9-21-24-12)19-23-16(11-29-19)18(27)22-15-10-26(7-8-28-2)25-17(15)14-5-3-4-6-20-14;1-2-28-8-7-26-11-15(17(25-26)14-5-3-4-6-20-14)23-18(27)16-12-29-19(24-16)13-9-21-22-10-13;1-27-7-6-25-10-14(16(24-25)13-4-2-3-5-19-13)22-17(26)15-11-28-18(23-15)12-8-20-21-9-12;1-10-11(7-19-22-10)17-21-14(9-26-17)16(25)20-13-8-24(2)23-15(13)12-5-3-4-6-18-12;1-23-8-12(14(22-23)11-4-2-3-5-17-11)20-15(24)13-9-25-16(21-13)10-6-18-19-7-10;2-1-3/h3-6,9-11H,7-8H2,1-2H3,(H,21,24)(H,22,27);3-6,9-12H,2,7-8H2,1H3,(H,21,22)(H,23,27);2-5,8-11H,6-7H2,1H3,(H,20,21)(H,22,26);3-9H,1-2H3,(H,19,22)(H,20,25);2-9H,1H3,(H,18,19)(H,20,24);1H,(H,2,3). The van der Waals surface area contributed by atoms with Gasteiger partial charge in [-0.15, -0.1) is 56.7 Å². The molecule has 45 nitrogen and oxygen atoms in total. The lowest BCUT2D eigenvalue weighted by atomic mass is 10.2. The number of nitrogens with one attached hydrogen (secondary N) is 10. The van der Waals surface area contributed by atoms with Crippen LogP contribution >= 0.6 is 56.7 Å². The zero-order valence-corrected chi connectivity index (χ0v) is 79.4. The number of aromatic amines is 5. The molecular weight excluding hydrogens is 1890 g/mol. The Bertz CT molecular complexity index is 7390. The molecule has 20 aromatic heterocycles. The van der Waals surface area contributed by atoms with E-state index in [0.29, 0.717) is 160 Å². The zero-order valence-electron chi connectivity index (χ0n) is 75.3. The first-order chi connectivity index (χ1) is 68.4. The fraction of sp³-hybridized carbons (Fsp3) is 0.156. The number of carboxylic acid groups (broad SMARTS) is 1. The molecule has 0 bridgehead atoms. The van der Waals surface area contributed by atoms with E-state index in [0.717, 1.165) is 64.2 Å². The van der Waals surface area contributed by atoms with Crippen LogP contribution in [0.5, 0.6) is 0 Å². The van der Waals surface area contributed by atoms with Gasteiger partial charge < -0.3 is 45.9 Å². The fourth-order valence-electron chi connectivity index (χ4n) is 12.9. The first-order valence-corrected chi connectivity index (χ1v) is 46.6. The van der Waals surface area contributed by atoms with E-state index < -0.39 is 0 Å². The Hall–Kier alpha value is -17.3. The van der Waals surface area contributed by atoms with Crippen LogP contribution in [0.2, 0.25) is 0 Å². The molecule has 0 saturated carbocycles. The molecule has 11 N–H and O–H groups in total. The molecule has 20 rings (SSSR count). The van der Waals surface area contributed by atoms with Crippen LogP contribution in [-0.2, 0) is 52.7 Å². The van der Waals surface area contributed by atoms with Gasteiger partial charge in [0.1, 0.15) is 82.0 Å². The number of thiazole rings is 5. The molecule has 5 amide bonds. The van der Waals surface area contributed by atoms with Crippen molar-refractivity contribution in [3.8, 4) is 110 Å². The molecule has 0 aliphatic rings. The third-order valence-corrected chi connectivity index (χ3v) is 23.9. The molecular formula is C90H85N35O10S5. The van der Waals surface area contributed by atoms with E-state index in [1.54, 1.807) is 190 Å². The van der Waals surface area contributed by atoms with Crippen molar-refractivity contribution < 1.29 is 48.1 Å². The number of amides is 5. The number of aryl methyl sites for hydroxylation is 4. The summed E-state index contributed by atoms with van der Waals surface area (Å²) in [5, 5.41) is 89.7. The lowest BCUT2D eigenvalue weighted by Crippen LogP contribution is -2.12. The number of ether oxygens (including phenoxy) is 3. The zero-order chi connectivity index (χ0) is 97.6. The Morgan fingerprint density at radius 3 is 0.900 bits per heavy atom. The molecule has 0 radical (unpaired) electrons. The molecule has 0 aromatic carbocycles. The van der Waals surface area contributed by atoms with Crippen molar-refractivity contribution in [3.05, 3.63) is 269 Å². The number of H-pyrrole nitrogens is 5. The van der Waals surface area contributed by atoms with Crippen LogP contribution in [0.3, 0.4) is 0 Å². The van der Waals surface area contributed by atoms with Crippen molar-refractivity contribution in [3.63, 3.8) is 0 Å². The van der Waals surface area contributed by atoms with Gasteiger partial charge in [-0.05, 0) is 81.4 Å². The highest BCUT2D eigenvalue weighted by Crippen LogP contribution is 2.35. The molecule has 0 unspecified atom stereocenters. The minimum absolute atomic E-state index is 0.250. The summed E-state index contributed by atoms with van der Waals surface area (Å²) in [7, 11) is 6.85. The predicted molar refractivity (Wildman–Crippen MR) is 526 cm³/mol. The summed E-state index contributed by atoms with van der Waals surface area (Å²) < 4.78 is 24.1. The van der Waals surface area contributed by atoms with Crippen molar-refractivity contribution >= 4 is 121 Å². The van der Waals surface area contributed by atoms with Crippen LogP contribution in [-0.4, -0.2) is 231 Å². The van der Waals surface area contributed by atoms with Crippen LogP contribution in [0.25, 0.3) is 110 Å². The number of rotatable bonds is 30. The summed E-state index contributed by atoms with van der Waals surface area (Å²) in [6.45, 7) is 9.42. The first kappa shape index (κ1) is 97.2. The minimum atomic E-state index is -0.311. The van der Waals surface area contributed by atoms with Crippen molar-refractivity contribution in [1.82, 2.24) is 150 Å². The van der Waals surface area contributed by atoms with E-state index in [2.05, 4.69) is 153 Å². The Balaban J connectivity index is 0.000000131. The molecule has 710 valence electrons. The van der Waals surface area contributed by atoms with Crippen LogP contribution < -0.4 is 26.6 Å². The van der Waals surface area contributed by atoms with Gasteiger partial charge in [-0.3, -0.25) is 103 Å². The number of pyridine rings is 5. The third-order valence-electron chi connectivity index (χ3n) is 19.5. The number of methoxy groups -OCH3 is 2. The number of aromatic nitrogens is 30. The molecule has 0 spiro atoms. The van der Waals surface area contributed by atoms with Gasteiger partial charge in [0.2, 0.25) is 0 Å². The second-order valence-electron chi connectivity index (χ2n) is 29.2. The maximum atomic E-state index is 12.8. The average molecular weight is 1980 g/mol. The molecule has 0 fully saturated rings. The summed E-state index contributed by atoms with van der Waals surface area (Å²) >= 11 is 6.95. The van der Waals surface area contributed by atoms with E-state index in [9.17, 15) is 24.0 Å². The van der Waals surface area contributed by atoms with Crippen LogP contribution in [0.15, 0.2) is 229 Å². The summed E-state index contributed by atoms with van der Waals surface area (Å²) in [5.41, 5.74) is 17.1. The van der Waals surface area contributed by atoms with Crippen LogP contribution in [0, 0.1) is 13.8 Å². The van der Waals surface area contributed by atoms with Gasteiger partial charge in [0.05, 0.1) is 138 Å². The Kier molecular flexibility index (Phi) is 33.2. The molecule has 20 heterocycles. The summed E-state index contributed by atoms with van der Waals surface area (Å²) in [6.07, 6.45) is 30.9. The fourth-order valence-corrected chi connectivity index (χ4v) is 17.0. The minimum Gasteiger partial charge on any atom is -0.483 e. The highest BCUT2D eigenvalue weighted by Gasteiger charge is 2.26. The van der Waals surface area contributed by atoms with E-state index in [1.165, 1.54) is 56.7 Å². The monoisotopic (exact) mass is 1980 g/mol. The van der Waals surface area contributed by atoms with E-state index >= 15 is 0 Å². The number of carbonyl (C=O) groups excluding carboxylic acids is 5. The van der Waals surface area contributed by atoms with Crippen molar-refractivity contribution in [2.45, 2.75) is 40.4 Å². The Labute approximate surface area is 814 Å². The largest absolute Gasteiger partial charge is 0.483 e. The van der Waals surface area contributed by atoms with E-state index in [1.807, 2.05) is 112 Å². The molecule has 0 aliphatic heterocycles. The van der Waals surface area contributed by atoms with Gasteiger partial charge in [-0.25, -0.2) is 24.9 Å². The average Bonchev–Trinajstić information content (AvgIpc) is 1.68. The van der Waals surface area contributed by atoms with Gasteiger partial charge in [-0.1, -0.05) is 30.3 Å². The van der Waals surface area contributed by atoms with Gasteiger partial charge in [-0.2, -0.15) is 51.0 Å². The molecule has 50 heteroatoms. The highest BCUT2D eigenvalue weighted by molar-refractivity contribution is 7.14. The molecule has 140 heavy (non-hydrogen) atoms. The number of hydrogen-bond donors (Lipinski definition) is 11. The Morgan fingerprint density at radius 2 is 0.650 bits per heavy atom. The lowest BCUT2D eigenvalue weighted by Gasteiger charge is -2.03. The highest BCUT2D eigenvalue weighted by atomic mass is 32.1. The summed E-state index contributed by atoms with van der Waals surface area (Å²) in [6, 6.07) is 27.8. The van der Waals surface area contributed by atoms with E-state index in [4.69, 9.17) is 24.1 Å². The summed E-state index contributed by atoms with van der Waals surface area (Å²) in [5.74, 6) is -1.51. The quantitative estimate of drug-likeness (QED) is 0.0147. The summed E-state index contributed by atoms with van der Waals surface area (Å²) in [4.78, 5) is 116. The Morgan fingerprint density at radius 1 is 0.379 bits per heavy atom. The molecule has 0 aliphatic carbocycles. The maximum absolute atomic E-state index is 12.8. The first-order valence-electron chi connectivity index (χ1n) is 42.2. The SMILES string of the molecule is CCOCCn1cc(NC(=O)c2csc(-c3cn[nH]c3)n2)c(-c2ccccn2)n1.COCCn1cc(NC(=O)c2csc(-c3cn[nH]c3)n2)c(-c2ccccn2)n1.COCCn1cc(NC(=O)c2csc(-c3cn[nH]c3C)n2)c(-c2ccccn2)n1.Cc1[nH]ncc1-c1nc(C(=O)Nc2cn(C)nc2-c2ccccn2)cs1.Cn1cc(NC(=O)c2csc(-c3cn[nH]c3)n2)c(-c2ccccn2)n1.O=CO. The maximum Gasteiger partial charge on any atom is 0.290 e. The number of carbonyl (C=O) groups is 6. The smallest absolute Gasteiger partial charge is 0.290 e. The van der Waals surface area contributed by atoms with Crippen molar-refractivity contribution in [2.24, 2.45) is 14.1 Å². The number of hydrogen-bond acceptors (Lipinski definition) is 34. The normalized spacial score (nSPS) is 10.7. The lowest BCUT2D eigenvalue weighted by molar-refractivity contribution is -0.122. The van der Waals surface area contributed by atoms with Crippen molar-refractivity contribution in [1.29, 1.82) is 0 Å².